The fourth-order valence-corrected chi connectivity index (χ4v) is 4.57. The number of aromatic nitrogens is 3. The molecule has 3 aromatic rings. The van der Waals surface area contributed by atoms with Crippen molar-refractivity contribution >= 4 is 11.6 Å². The molecule has 1 N–H and O–H groups in total. The first-order valence-electron chi connectivity index (χ1n) is 11.4. The highest BCUT2D eigenvalue weighted by atomic mass is 19.4. The van der Waals surface area contributed by atoms with Crippen LogP contribution in [0.2, 0.25) is 0 Å². The zero-order valence-corrected chi connectivity index (χ0v) is 20.4. The summed E-state index contributed by atoms with van der Waals surface area (Å²) in [5.74, 6) is -6.47. The molecule has 7 nitrogen and oxygen atoms in total. The number of hydrogen-bond acceptors (Lipinski definition) is 5. The van der Waals surface area contributed by atoms with Gasteiger partial charge in [-0.25, -0.2) is 9.37 Å². The molecule has 1 amide bonds. The third kappa shape index (κ3) is 4.89. The number of amides is 1. The van der Waals surface area contributed by atoms with E-state index >= 15 is 4.39 Å². The molecule has 1 saturated heterocycles. The van der Waals surface area contributed by atoms with Crippen molar-refractivity contribution in [1.82, 2.24) is 14.5 Å². The second-order valence-electron chi connectivity index (χ2n) is 9.17. The van der Waals surface area contributed by atoms with Crippen LogP contribution in [-0.4, -0.2) is 38.3 Å². The highest BCUT2D eigenvalue weighted by Crippen LogP contribution is 2.55. The molecule has 2 aromatic heterocycles. The molecule has 0 spiro atoms. The third-order valence-electron chi connectivity index (χ3n) is 6.73. The molecule has 0 aliphatic carbocycles. The minimum Gasteiger partial charge on any atom is -0.482 e. The first kappa shape index (κ1) is 26.5. The summed E-state index contributed by atoms with van der Waals surface area (Å²) in [5, 5.41) is 2.49. The molecule has 1 fully saturated rings. The van der Waals surface area contributed by atoms with Gasteiger partial charge < -0.3 is 19.4 Å². The SMILES string of the molecule is Cc1cn(C)c(COc2c([C@H]3[C@H](C(=O)Nc4cccnc4)O[C@@](C)(C(F)(F)F)[C@H]3C)ccc(F)c2F)n1. The van der Waals surface area contributed by atoms with Crippen molar-refractivity contribution in [3.8, 4) is 5.75 Å². The van der Waals surface area contributed by atoms with Crippen molar-refractivity contribution in [3.05, 3.63) is 71.6 Å². The number of benzene rings is 1. The van der Waals surface area contributed by atoms with E-state index in [4.69, 9.17) is 9.47 Å². The van der Waals surface area contributed by atoms with Gasteiger partial charge in [0.05, 0.1) is 17.6 Å². The lowest BCUT2D eigenvalue weighted by Crippen LogP contribution is -2.47. The Hall–Kier alpha value is -3.54. The number of carbonyl (C=O) groups excluding carboxylic acids is 1. The first-order chi connectivity index (χ1) is 17.3. The summed E-state index contributed by atoms with van der Waals surface area (Å²) in [6.07, 6.45) is -2.10. The average molecular weight is 524 g/mol. The summed E-state index contributed by atoms with van der Waals surface area (Å²) in [6, 6.07) is 4.94. The van der Waals surface area contributed by atoms with E-state index in [1.807, 2.05) is 0 Å². The van der Waals surface area contributed by atoms with Gasteiger partial charge in [0.1, 0.15) is 18.5 Å². The molecule has 0 radical (unpaired) electrons. The second kappa shape index (κ2) is 9.73. The number of aryl methyl sites for hydroxylation is 2. The molecular formula is C25H25F5N4O3. The molecule has 0 unspecified atom stereocenters. The highest BCUT2D eigenvalue weighted by molar-refractivity contribution is 5.95. The van der Waals surface area contributed by atoms with Gasteiger partial charge in [-0.2, -0.15) is 17.6 Å². The van der Waals surface area contributed by atoms with Gasteiger partial charge in [0, 0.05) is 36.8 Å². The number of rotatable bonds is 6. The standard InChI is InChI=1S/C25H25F5N4O3/c1-13-11-34(4)18(32-13)12-36-21-16(7-8-17(26)20(21)27)19-14(2)24(3,25(28,29)30)37-22(19)23(35)33-15-6-5-9-31-10-15/h5-11,14,19,22H,12H2,1-4H3,(H,33,35)/t14-,19-,22+,24+/m0/s1. The van der Waals surface area contributed by atoms with Crippen LogP contribution >= 0.6 is 0 Å². The zero-order valence-electron chi connectivity index (χ0n) is 20.4. The van der Waals surface area contributed by atoms with E-state index < -0.39 is 53.0 Å². The molecule has 4 atom stereocenters. The quantitative estimate of drug-likeness (QED) is 0.457. The summed E-state index contributed by atoms with van der Waals surface area (Å²) in [6.45, 7) is 3.53. The van der Waals surface area contributed by atoms with Gasteiger partial charge in [0.2, 0.25) is 5.82 Å². The Morgan fingerprint density at radius 3 is 2.59 bits per heavy atom. The summed E-state index contributed by atoms with van der Waals surface area (Å²) < 4.78 is 84.4. The van der Waals surface area contributed by atoms with Crippen LogP contribution in [0.1, 0.15) is 36.8 Å². The molecule has 3 heterocycles. The predicted octanol–water partition coefficient (Wildman–Crippen LogP) is 5.06. The number of ether oxygens (including phenoxy) is 2. The molecule has 1 aliphatic rings. The molecule has 1 aromatic carbocycles. The maximum Gasteiger partial charge on any atom is 0.417 e. The fourth-order valence-electron chi connectivity index (χ4n) is 4.57. The first-order valence-corrected chi connectivity index (χ1v) is 11.4. The number of imidazole rings is 1. The van der Waals surface area contributed by atoms with Crippen molar-refractivity contribution in [2.75, 3.05) is 5.32 Å². The molecule has 4 rings (SSSR count). The molecule has 1 aliphatic heterocycles. The normalized spacial score (nSPS) is 23.8. The lowest BCUT2D eigenvalue weighted by molar-refractivity contribution is -0.272. The lowest BCUT2D eigenvalue weighted by Gasteiger charge is -2.32. The Morgan fingerprint density at radius 2 is 2.00 bits per heavy atom. The van der Waals surface area contributed by atoms with Gasteiger partial charge in [-0.05, 0) is 32.0 Å². The Bertz CT molecular complexity index is 1300. The monoisotopic (exact) mass is 524 g/mol. The second-order valence-corrected chi connectivity index (χ2v) is 9.17. The van der Waals surface area contributed by atoms with Crippen molar-refractivity contribution in [3.63, 3.8) is 0 Å². The van der Waals surface area contributed by atoms with Crippen molar-refractivity contribution in [2.45, 2.75) is 51.2 Å². The van der Waals surface area contributed by atoms with Crippen LogP contribution in [0.3, 0.4) is 0 Å². The largest absolute Gasteiger partial charge is 0.482 e. The number of halogens is 5. The maximum atomic E-state index is 15.1. The average Bonchev–Trinajstić information content (AvgIpc) is 3.30. The number of hydrogen-bond donors (Lipinski definition) is 1. The Morgan fingerprint density at radius 1 is 1.27 bits per heavy atom. The van der Waals surface area contributed by atoms with Crippen LogP contribution in [0.4, 0.5) is 27.6 Å². The minimum absolute atomic E-state index is 0.128. The van der Waals surface area contributed by atoms with Gasteiger partial charge in [-0.15, -0.1) is 0 Å². The van der Waals surface area contributed by atoms with Gasteiger partial charge >= 0.3 is 6.18 Å². The van der Waals surface area contributed by atoms with Crippen LogP contribution < -0.4 is 10.1 Å². The number of carbonyl (C=O) groups is 1. The number of nitrogens with zero attached hydrogens (tertiary/aromatic N) is 3. The van der Waals surface area contributed by atoms with Crippen LogP contribution in [0.25, 0.3) is 0 Å². The number of pyridine rings is 1. The van der Waals surface area contributed by atoms with E-state index in [1.54, 1.807) is 24.7 Å². The van der Waals surface area contributed by atoms with E-state index in [2.05, 4.69) is 15.3 Å². The Balaban J connectivity index is 1.77. The number of alkyl halides is 3. The van der Waals surface area contributed by atoms with Crippen LogP contribution in [0, 0.1) is 24.5 Å². The van der Waals surface area contributed by atoms with Crippen LogP contribution in [0.5, 0.6) is 5.75 Å². The van der Waals surface area contributed by atoms with E-state index in [0.29, 0.717) is 11.5 Å². The van der Waals surface area contributed by atoms with Crippen molar-refractivity contribution in [2.24, 2.45) is 13.0 Å². The van der Waals surface area contributed by atoms with Gasteiger partial charge in [0.25, 0.3) is 5.91 Å². The van der Waals surface area contributed by atoms with E-state index in [-0.39, 0.29) is 17.9 Å². The zero-order chi connectivity index (χ0) is 27.1. The smallest absolute Gasteiger partial charge is 0.417 e. The van der Waals surface area contributed by atoms with Gasteiger partial charge in [-0.1, -0.05) is 13.0 Å². The fraction of sp³-hybridized carbons (Fsp3) is 0.400. The third-order valence-corrected chi connectivity index (χ3v) is 6.73. The molecule has 37 heavy (non-hydrogen) atoms. The number of nitrogens with one attached hydrogen (secondary N) is 1. The molecule has 12 heteroatoms. The lowest BCUT2D eigenvalue weighted by atomic mass is 9.77. The maximum absolute atomic E-state index is 15.1. The van der Waals surface area contributed by atoms with Crippen LogP contribution in [0.15, 0.2) is 42.9 Å². The van der Waals surface area contributed by atoms with Gasteiger partial charge in [-0.3, -0.25) is 9.78 Å². The summed E-state index contributed by atoms with van der Waals surface area (Å²) in [5.41, 5.74) is -1.99. The van der Waals surface area contributed by atoms with Gasteiger partial charge in [0.15, 0.2) is 17.2 Å². The topological polar surface area (TPSA) is 78.3 Å². The van der Waals surface area contributed by atoms with E-state index in [0.717, 1.165) is 19.1 Å². The molecule has 0 bridgehead atoms. The molecular weight excluding hydrogens is 499 g/mol. The highest BCUT2D eigenvalue weighted by Gasteiger charge is 2.66. The van der Waals surface area contributed by atoms with Crippen molar-refractivity contribution < 1.29 is 36.2 Å². The summed E-state index contributed by atoms with van der Waals surface area (Å²) >= 11 is 0. The summed E-state index contributed by atoms with van der Waals surface area (Å²) in [7, 11) is 1.68. The van der Waals surface area contributed by atoms with E-state index in [1.165, 1.54) is 31.5 Å². The van der Waals surface area contributed by atoms with Crippen LogP contribution in [-0.2, 0) is 23.2 Å². The minimum atomic E-state index is -4.86. The molecule has 198 valence electrons. The Labute approximate surface area is 209 Å². The van der Waals surface area contributed by atoms with Crippen molar-refractivity contribution in [1.29, 1.82) is 0 Å². The number of anilines is 1. The summed E-state index contributed by atoms with van der Waals surface area (Å²) in [4.78, 5) is 21.3. The Kier molecular flexibility index (Phi) is 6.97. The molecule has 0 saturated carbocycles. The van der Waals surface area contributed by atoms with E-state index in [9.17, 15) is 22.4 Å². The predicted molar refractivity (Wildman–Crippen MR) is 123 cm³/mol.